The van der Waals surface area contributed by atoms with Gasteiger partial charge in [-0.2, -0.15) is 5.10 Å². The van der Waals surface area contributed by atoms with E-state index in [4.69, 9.17) is 0 Å². The quantitative estimate of drug-likeness (QED) is 0.564. The summed E-state index contributed by atoms with van der Waals surface area (Å²) in [6.07, 6.45) is 0.657. The fourth-order valence-electron chi connectivity index (χ4n) is 1.26. The van der Waals surface area contributed by atoms with E-state index in [-0.39, 0.29) is 23.8 Å². The molecule has 76 valence electrons. The first kappa shape index (κ1) is 10.4. The minimum absolute atomic E-state index is 0.0146. The molecule has 1 aromatic heterocycles. The lowest BCUT2D eigenvalue weighted by molar-refractivity contribution is -0.107. The van der Waals surface area contributed by atoms with E-state index in [0.717, 1.165) is 0 Å². The molecule has 0 saturated heterocycles. The maximum absolute atomic E-state index is 11.1. The highest BCUT2D eigenvalue weighted by molar-refractivity contribution is 5.94. The van der Waals surface area contributed by atoms with Gasteiger partial charge in [-0.15, -0.1) is 0 Å². The SMILES string of the molecule is CCn1nc(C(C)=O)c(CC=O)c1O. The highest BCUT2D eigenvalue weighted by Gasteiger charge is 2.18. The van der Waals surface area contributed by atoms with Gasteiger partial charge in [-0.1, -0.05) is 0 Å². The van der Waals surface area contributed by atoms with Crippen LogP contribution in [0.2, 0.25) is 0 Å². The van der Waals surface area contributed by atoms with E-state index < -0.39 is 0 Å². The van der Waals surface area contributed by atoms with Crippen LogP contribution in [0.1, 0.15) is 29.9 Å². The molecule has 5 nitrogen and oxygen atoms in total. The number of aldehydes is 1. The molecule has 0 unspecified atom stereocenters. The molecule has 1 aromatic rings. The van der Waals surface area contributed by atoms with E-state index in [1.54, 1.807) is 6.92 Å². The molecule has 14 heavy (non-hydrogen) atoms. The molecule has 0 saturated carbocycles. The summed E-state index contributed by atoms with van der Waals surface area (Å²) in [5, 5.41) is 13.5. The number of hydrogen-bond acceptors (Lipinski definition) is 4. The maximum atomic E-state index is 11.1. The van der Waals surface area contributed by atoms with Crippen LogP contribution in [0.15, 0.2) is 0 Å². The van der Waals surface area contributed by atoms with Crippen LogP contribution in [-0.4, -0.2) is 27.0 Å². The highest BCUT2D eigenvalue weighted by atomic mass is 16.3. The number of carbonyl (C=O) groups excluding carboxylic acids is 2. The zero-order valence-corrected chi connectivity index (χ0v) is 8.15. The lowest BCUT2D eigenvalue weighted by Crippen LogP contribution is -2.00. The van der Waals surface area contributed by atoms with Crippen LogP contribution in [0.25, 0.3) is 0 Å². The van der Waals surface area contributed by atoms with Gasteiger partial charge >= 0.3 is 0 Å². The summed E-state index contributed by atoms with van der Waals surface area (Å²) in [4.78, 5) is 21.5. The Hall–Kier alpha value is -1.65. The number of hydrogen-bond donors (Lipinski definition) is 1. The summed E-state index contributed by atoms with van der Waals surface area (Å²) < 4.78 is 1.30. The Morgan fingerprint density at radius 2 is 2.29 bits per heavy atom. The average molecular weight is 196 g/mol. The van der Waals surface area contributed by atoms with Gasteiger partial charge in [0.25, 0.3) is 0 Å². The monoisotopic (exact) mass is 196 g/mol. The summed E-state index contributed by atoms with van der Waals surface area (Å²) >= 11 is 0. The first-order valence-corrected chi connectivity index (χ1v) is 4.35. The lowest BCUT2D eigenvalue weighted by Gasteiger charge is -1.96. The number of carbonyl (C=O) groups is 2. The molecule has 5 heteroatoms. The Labute approximate surface area is 81.3 Å². The Morgan fingerprint density at radius 3 is 2.71 bits per heavy atom. The second-order valence-electron chi connectivity index (χ2n) is 2.89. The number of nitrogens with zero attached hydrogens (tertiary/aromatic N) is 2. The topological polar surface area (TPSA) is 72.2 Å². The smallest absolute Gasteiger partial charge is 0.213 e. The van der Waals surface area contributed by atoms with Crippen molar-refractivity contribution < 1.29 is 14.7 Å². The second kappa shape index (κ2) is 4.04. The van der Waals surface area contributed by atoms with Gasteiger partial charge in [0.05, 0.1) is 5.56 Å². The van der Waals surface area contributed by atoms with Crippen molar-refractivity contribution in [2.75, 3.05) is 0 Å². The summed E-state index contributed by atoms with van der Waals surface area (Å²) in [5.74, 6) is -0.339. The molecule has 0 fully saturated rings. The minimum atomic E-state index is -0.246. The zero-order chi connectivity index (χ0) is 10.7. The van der Waals surface area contributed by atoms with E-state index in [1.807, 2.05) is 0 Å². The number of Topliss-reactive ketones (excluding diaryl/α,β-unsaturated/α-hetero) is 1. The van der Waals surface area contributed by atoms with Crippen molar-refractivity contribution in [2.45, 2.75) is 26.8 Å². The van der Waals surface area contributed by atoms with Gasteiger partial charge in [-0.3, -0.25) is 4.79 Å². The Kier molecular flexibility index (Phi) is 3.01. The van der Waals surface area contributed by atoms with Crippen LogP contribution >= 0.6 is 0 Å². The molecule has 0 amide bonds. The van der Waals surface area contributed by atoms with Crippen LogP contribution in [-0.2, 0) is 17.8 Å². The Morgan fingerprint density at radius 1 is 1.64 bits per heavy atom. The van der Waals surface area contributed by atoms with E-state index in [9.17, 15) is 14.7 Å². The van der Waals surface area contributed by atoms with Crippen LogP contribution in [0.3, 0.4) is 0 Å². The predicted octanol–water partition coefficient (Wildman–Crippen LogP) is 0.553. The highest BCUT2D eigenvalue weighted by Crippen LogP contribution is 2.21. The van der Waals surface area contributed by atoms with Crippen LogP contribution in [0.4, 0.5) is 0 Å². The summed E-state index contributed by atoms with van der Waals surface area (Å²) in [7, 11) is 0. The van der Waals surface area contributed by atoms with E-state index in [1.165, 1.54) is 11.6 Å². The van der Waals surface area contributed by atoms with Crippen LogP contribution < -0.4 is 0 Å². The van der Waals surface area contributed by atoms with Gasteiger partial charge in [0, 0.05) is 19.9 Å². The maximum Gasteiger partial charge on any atom is 0.213 e. The molecule has 0 radical (unpaired) electrons. The molecule has 0 aliphatic carbocycles. The molecular weight excluding hydrogens is 184 g/mol. The van der Waals surface area contributed by atoms with Gasteiger partial charge in [0.2, 0.25) is 5.88 Å². The number of ketones is 1. The number of aryl methyl sites for hydroxylation is 1. The van der Waals surface area contributed by atoms with Crippen molar-refractivity contribution in [3.8, 4) is 5.88 Å². The fourth-order valence-corrected chi connectivity index (χ4v) is 1.26. The molecule has 0 aliphatic heterocycles. The molecule has 0 atom stereocenters. The van der Waals surface area contributed by atoms with E-state index >= 15 is 0 Å². The normalized spacial score (nSPS) is 10.1. The predicted molar refractivity (Wildman–Crippen MR) is 49.3 cm³/mol. The van der Waals surface area contributed by atoms with Crippen LogP contribution in [0, 0.1) is 0 Å². The summed E-state index contributed by atoms with van der Waals surface area (Å²) in [6.45, 7) is 3.61. The number of rotatable bonds is 4. The summed E-state index contributed by atoms with van der Waals surface area (Å²) in [6, 6.07) is 0. The number of aromatic hydroxyl groups is 1. The molecular formula is C9H12N2O3. The molecule has 1 heterocycles. The molecule has 0 bridgehead atoms. The molecule has 1 rings (SSSR count). The minimum Gasteiger partial charge on any atom is -0.493 e. The first-order chi connectivity index (χ1) is 6.61. The third kappa shape index (κ3) is 1.66. The van der Waals surface area contributed by atoms with Crippen molar-refractivity contribution in [2.24, 2.45) is 0 Å². The Balaban J connectivity index is 3.26. The Bertz CT molecular complexity index is 368. The molecule has 1 N–H and O–H groups in total. The van der Waals surface area contributed by atoms with Gasteiger partial charge in [0.1, 0.15) is 12.0 Å². The average Bonchev–Trinajstić information content (AvgIpc) is 2.45. The molecule has 0 spiro atoms. The summed E-state index contributed by atoms with van der Waals surface area (Å²) in [5.41, 5.74) is 0.491. The van der Waals surface area contributed by atoms with Crippen LogP contribution in [0.5, 0.6) is 5.88 Å². The van der Waals surface area contributed by atoms with E-state index in [2.05, 4.69) is 5.10 Å². The molecule has 0 aliphatic rings. The third-order valence-electron chi connectivity index (χ3n) is 1.94. The third-order valence-corrected chi connectivity index (χ3v) is 1.94. The van der Waals surface area contributed by atoms with Gasteiger partial charge in [0.15, 0.2) is 5.78 Å². The largest absolute Gasteiger partial charge is 0.493 e. The zero-order valence-electron chi connectivity index (χ0n) is 8.15. The van der Waals surface area contributed by atoms with Crippen molar-refractivity contribution >= 4 is 12.1 Å². The van der Waals surface area contributed by atoms with E-state index in [0.29, 0.717) is 18.4 Å². The second-order valence-corrected chi connectivity index (χ2v) is 2.89. The van der Waals surface area contributed by atoms with Crippen molar-refractivity contribution in [1.82, 2.24) is 9.78 Å². The van der Waals surface area contributed by atoms with Gasteiger partial charge in [-0.25, -0.2) is 4.68 Å². The first-order valence-electron chi connectivity index (χ1n) is 4.35. The van der Waals surface area contributed by atoms with Gasteiger partial charge in [-0.05, 0) is 6.92 Å². The van der Waals surface area contributed by atoms with Crippen molar-refractivity contribution in [1.29, 1.82) is 0 Å². The van der Waals surface area contributed by atoms with Gasteiger partial charge < -0.3 is 9.90 Å². The molecule has 0 aromatic carbocycles. The lowest BCUT2D eigenvalue weighted by atomic mass is 10.1. The fraction of sp³-hybridized carbons (Fsp3) is 0.444. The van der Waals surface area contributed by atoms with Crippen molar-refractivity contribution in [3.05, 3.63) is 11.3 Å². The van der Waals surface area contributed by atoms with Crippen molar-refractivity contribution in [3.63, 3.8) is 0 Å². The number of aromatic nitrogens is 2. The standard InChI is InChI=1S/C9H12N2O3/c1-3-11-9(14)7(4-5-12)8(10-11)6(2)13/h5,14H,3-4H2,1-2H3.